The molecule has 0 aliphatic rings. The van der Waals surface area contributed by atoms with Gasteiger partial charge in [0.25, 0.3) is 0 Å². The zero-order chi connectivity index (χ0) is 22.5. The normalized spacial score (nSPS) is 12.1. The molecule has 0 bridgehead atoms. The molecule has 0 radical (unpaired) electrons. The summed E-state index contributed by atoms with van der Waals surface area (Å²) in [4.78, 5) is 20.7. The van der Waals surface area contributed by atoms with Crippen LogP contribution in [0.25, 0.3) is 10.9 Å². The highest BCUT2D eigenvalue weighted by atomic mass is 35.5. The Labute approximate surface area is 198 Å². The number of hydrogen-bond acceptors (Lipinski definition) is 2. The van der Waals surface area contributed by atoms with Crippen molar-refractivity contribution in [2.45, 2.75) is 32.1 Å². The van der Waals surface area contributed by atoms with Crippen molar-refractivity contribution in [3.05, 3.63) is 99.4 Å². The quantitative estimate of drug-likeness (QED) is 0.320. The number of aromatic nitrogens is 2. The van der Waals surface area contributed by atoms with Gasteiger partial charge in [-0.1, -0.05) is 60.5 Å². The van der Waals surface area contributed by atoms with Gasteiger partial charge in [-0.3, -0.25) is 9.78 Å². The largest absolute Gasteiger partial charge is 0.361 e. The average molecular weight is 466 g/mol. The Bertz CT molecular complexity index is 1220. The van der Waals surface area contributed by atoms with Crippen LogP contribution in [0.1, 0.15) is 41.6 Å². The number of carbonyl (C=O) groups is 1. The maximum absolute atomic E-state index is 12.9. The van der Waals surface area contributed by atoms with Crippen LogP contribution in [0.15, 0.2) is 67.0 Å². The Morgan fingerprint density at radius 1 is 1.09 bits per heavy atom. The van der Waals surface area contributed by atoms with E-state index < -0.39 is 0 Å². The van der Waals surface area contributed by atoms with Crippen molar-refractivity contribution in [3.63, 3.8) is 0 Å². The van der Waals surface area contributed by atoms with E-state index in [0.29, 0.717) is 29.4 Å². The van der Waals surface area contributed by atoms with E-state index in [1.165, 1.54) is 5.56 Å². The van der Waals surface area contributed by atoms with Crippen LogP contribution < -0.4 is 5.32 Å². The van der Waals surface area contributed by atoms with Crippen molar-refractivity contribution in [1.82, 2.24) is 15.3 Å². The number of fused-ring (bicyclic) bond motifs is 1. The van der Waals surface area contributed by atoms with Crippen LogP contribution >= 0.6 is 23.2 Å². The second kappa shape index (κ2) is 10.2. The van der Waals surface area contributed by atoms with Crippen molar-refractivity contribution in [1.29, 1.82) is 0 Å². The van der Waals surface area contributed by atoms with Crippen LogP contribution in [0.4, 0.5) is 0 Å². The molecule has 32 heavy (non-hydrogen) atoms. The molecule has 0 saturated carbocycles. The van der Waals surface area contributed by atoms with Gasteiger partial charge >= 0.3 is 0 Å². The molecule has 0 saturated heterocycles. The van der Waals surface area contributed by atoms with Crippen LogP contribution in [0.5, 0.6) is 0 Å². The zero-order valence-corrected chi connectivity index (χ0v) is 19.4. The molecule has 0 fully saturated rings. The van der Waals surface area contributed by atoms with Gasteiger partial charge in [-0.2, -0.15) is 0 Å². The number of hydrogen-bond donors (Lipinski definition) is 2. The molecule has 0 aliphatic carbocycles. The molecule has 4 nitrogen and oxygen atoms in total. The average Bonchev–Trinajstić information content (AvgIpc) is 3.24. The number of carbonyl (C=O) groups excluding carboxylic acids is 1. The Morgan fingerprint density at radius 3 is 2.72 bits per heavy atom. The number of amides is 1. The number of nitrogens with zero attached hydrogens (tertiary/aromatic N) is 1. The lowest BCUT2D eigenvalue weighted by Gasteiger charge is -2.18. The zero-order valence-electron chi connectivity index (χ0n) is 17.9. The predicted octanol–water partition coefficient (Wildman–Crippen LogP) is 6.31. The summed E-state index contributed by atoms with van der Waals surface area (Å²) in [5.41, 5.74) is 5.36. The van der Waals surface area contributed by atoms with Crippen molar-refractivity contribution in [2.24, 2.45) is 0 Å². The first kappa shape index (κ1) is 22.4. The standard InChI is InChI=1S/C26H25Cl2N3O/c1-2-17-6-5-8-20-22(16-31-26(17)20)21(18-9-10-23(27)24(28)14-18)15-25(32)30-13-11-19-7-3-4-12-29-19/h3-10,12,14,16,21,31H,2,11,13,15H2,1H3,(H,30,32). The highest BCUT2D eigenvalue weighted by molar-refractivity contribution is 6.42. The lowest BCUT2D eigenvalue weighted by Crippen LogP contribution is -2.27. The molecule has 2 aromatic heterocycles. The van der Waals surface area contributed by atoms with E-state index in [2.05, 4.69) is 40.4 Å². The molecule has 2 aromatic carbocycles. The second-order valence-electron chi connectivity index (χ2n) is 7.79. The molecule has 1 unspecified atom stereocenters. The van der Waals surface area contributed by atoms with E-state index in [1.54, 1.807) is 12.3 Å². The number of rotatable bonds is 8. The maximum Gasteiger partial charge on any atom is 0.220 e. The van der Waals surface area contributed by atoms with Crippen molar-refractivity contribution in [2.75, 3.05) is 6.54 Å². The van der Waals surface area contributed by atoms with Crippen molar-refractivity contribution < 1.29 is 4.79 Å². The smallest absolute Gasteiger partial charge is 0.220 e. The highest BCUT2D eigenvalue weighted by Gasteiger charge is 2.22. The minimum absolute atomic E-state index is 0.0157. The number of aryl methyl sites for hydroxylation is 1. The Kier molecular flexibility index (Phi) is 7.13. The minimum Gasteiger partial charge on any atom is -0.361 e. The molecule has 2 N–H and O–H groups in total. The van der Waals surface area contributed by atoms with Crippen LogP contribution in [-0.2, 0) is 17.6 Å². The summed E-state index contributed by atoms with van der Waals surface area (Å²) < 4.78 is 0. The van der Waals surface area contributed by atoms with Crippen molar-refractivity contribution >= 4 is 40.0 Å². The number of H-pyrrole nitrogens is 1. The lowest BCUT2D eigenvalue weighted by molar-refractivity contribution is -0.121. The molecule has 1 amide bonds. The summed E-state index contributed by atoms with van der Waals surface area (Å²) in [5.74, 6) is -0.168. The minimum atomic E-state index is -0.152. The van der Waals surface area contributed by atoms with Crippen LogP contribution in [-0.4, -0.2) is 22.4 Å². The highest BCUT2D eigenvalue weighted by Crippen LogP contribution is 2.36. The molecule has 0 aliphatic heterocycles. The fraction of sp³-hybridized carbons (Fsp3) is 0.231. The number of aromatic amines is 1. The molecule has 4 rings (SSSR count). The number of halogens is 2. The summed E-state index contributed by atoms with van der Waals surface area (Å²) in [6, 6.07) is 17.7. The molecule has 164 valence electrons. The van der Waals surface area contributed by atoms with Crippen LogP contribution in [0.2, 0.25) is 10.0 Å². The third kappa shape index (κ3) is 4.98. The predicted molar refractivity (Wildman–Crippen MR) is 132 cm³/mol. The Morgan fingerprint density at radius 2 is 1.97 bits per heavy atom. The van der Waals surface area contributed by atoms with E-state index in [9.17, 15) is 4.79 Å². The van der Waals surface area contributed by atoms with Gasteiger partial charge in [0.15, 0.2) is 0 Å². The van der Waals surface area contributed by atoms with Gasteiger partial charge in [-0.15, -0.1) is 0 Å². The fourth-order valence-corrected chi connectivity index (χ4v) is 4.40. The monoisotopic (exact) mass is 465 g/mol. The maximum atomic E-state index is 12.9. The third-order valence-electron chi connectivity index (χ3n) is 5.76. The summed E-state index contributed by atoms with van der Waals surface area (Å²) in [5, 5.41) is 5.15. The molecule has 1 atom stereocenters. The first-order valence-electron chi connectivity index (χ1n) is 10.8. The topological polar surface area (TPSA) is 57.8 Å². The summed E-state index contributed by atoms with van der Waals surface area (Å²) >= 11 is 12.5. The number of pyridine rings is 1. The van der Waals surface area contributed by atoms with E-state index in [-0.39, 0.29) is 11.8 Å². The van der Waals surface area contributed by atoms with Crippen LogP contribution in [0, 0.1) is 0 Å². The molecule has 2 heterocycles. The first-order chi connectivity index (χ1) is 15.6. The molecule has 0 spiro atoms. The molecule has 6 heteroatoms. The third-order valence-corrected chi connectivity index (χ3v) is 6.49. The SMILES string of the molecule is CCc1cccc2c(C(CC(=O)NCCc3ccccn3)c3ccc(Cl)c(Cl)c3)c[nH]c12. The van der Waals surface area contributed by atoms with Crippen LogP contribution in [0.3, 0.4) is 0 Å². The fourth-order valence-electron chi connectivity index (χ4n) is 4.09. The van der Waals surface area contributed by atoms with E-state index >= 15 is 0 Å². The van der Waals surface area contributed by atoms with E-state index in [0.717, 1.165) is 34.1 Å². The van der Waals surface area contributed by atoms with Gasteiger partial charge in [0.05, 0.1) is 10.0 Å². The van der Waals surface area contributed by atoms with Gasteiger partial charge < -0.3 is 10.3 Å². The van der Waals surface area contributed by atoms with Crippen molar-refractivity contribution in [3.8, 4) is 0 Å². The summed E-state index contributed by atoms with van der Waals surface area (Å²) in [6.45, 7) is 2.68. The number of benzene rings is 2. The number of nitrogens with one attached hydrogen (secondary N) is 2. The van der Waals surface area contributed by atoms with Gasteiger partial charge in [0, 0.05) is 54.3 Å². The van der Waals surface area contributed by atoms with Gasteiger partial charge in [0.1, 0.15) is 0 Å². The molecule has 4 aromatic rings. The van der Waals surface area contributed by atoms with Gasteiger partial charge in [0.2, 0.25) is 5.91 Å². The Hall–Kier alpha value is -2.82. The summed E-state index contributed by atoms with van der Waals surface area (Å²) in [7, 11) is 0. The second-order valence-corrected chi connectivity index (χ2v) is 8.60. The lowest BCUT2D eigenvalue weighted by atomic mass is 9.87. The number of para-hydroxylation sites is 1. The first-order valence-corrected chi connectivity index (χ1v) is 11.5. The van der Waals surface area contributed by atoms with E-state index in [1.807, 2.05) is 36.5 Å². The summed E-state index contributed by atoms with van der Waals surface area (Å²) in [6.07, 6.45) is 5.71. The van der Waals surface area contributed by atoms with E-state index in [4.69, 9.17) is 23.2 Å². The van der Waals surface area contributed by atoms with Gasteiger partial charge in [-0.25, -0.2) is 0 Å². The van der Waals surface area contributed by atoms with Gasteiger partial charge in [-0.05, 0) is 47.4 Å². The molecular formula is C26H25Cl2N3O. The molecular weight excluding hydrogens is 441 g/mol. The Balaban J connectivity index is 1.60.